The van der Waals surface area contributed by atoms with Crippen LogP contribution in [0.1, 0.15) is 68.1 Å². The van der Waals surface area contributed by atoms with Crippen LogP contribution in [-0.2, 0) is 5.41 Å². The van der Waals surface area contributed by atoms with Crippen LogP contribution in [-0.4, -0.2) is 4.43 Å². The monoisotopic (exact) mass is 496 g/mol. The maximum Gasteiger partial charge on any atom is 0.0451 e. The van der Waals surface area contributed by atoms with Crippen LogP contribution in [0.3, 0.4) is 0 Å². The predicted molar refractivity (Wildman–Crippen MR) is 135 cm³/mol. The van der Waals surface area contributed by atoms with Crippen molar-refractivity contribution in [3.8, 4) is 0 Å². The van der Waals surface area contributed by atoms with Gasteiger partial charge in [0.1, 0.15) is 0 Å². The minimum absolute atomic E-state index is 0.0784. The second-order valence-electron chi connectivity index (χ2n) is 7.92. The fourth-order valence-corrected chi connectivity index (χ4v) is 5.01. The molecule has 0 fully saturated rings. The Morgan fingerprint density at radius 3 is 1.17 bits per heavy atom. The molecular weight excluding hydrogens is 463 g/mol. The van der Waals surface area contributed by atoms with E-state index in [1.165, 1.54) is 66.1 Å². The summed E-state index contributed by atoms with van der Waals surface area (Å²) in [7, 11) is 0. The highest BCUT2D eigenvalue weighted by Gasteiger charge is 2.35. The first kappa shape index (κ1) is 22.1. The lowest BCUT2D eigenvalue weighted by Gasteiger charge is -2.36. The van der Waals surface area contributed by atoms with Gasteiger partial charge in [-0.1, -0.05) is 152 Å². The molecule has 0 aliphatic carbocycles. The number of alkyl halides is 1. The topological polar surface area (TPSA) is 0 Å². The molecule has 0 bridgehead atoms. The second kappa shape index (κ2) is 12.2. The first-order valence-corrected chi connectivity index (χ1v) is 12.6. The fourth-order valence-electron chi connectivity index (χ4n) is 4.47. The zero-order valence-corrected chi connectivity index (χ0v) is 19.6. The quantitative estimate of drug-likeness (QED) is 0.102. The molecule has 3 aromatic rings. The molecule has 3 aromatic carbocycles. The zero-order valence-electron chi connectivity index (χ0n) is 17.4. The Kier molecular flexibility index (Phi) is 9.27. The maximum atomic E-state index is 2.49. The number of benzene rings is 3. The van der Waals surface area contributed by atoms with Gasteiger partial charge in [-0.2, -0.15) is 0 Å². The smallest absolute Gasteiger partial charge is 0.0451 e. The van der Waals surface area contributed by atoms with E-state index in [1.54, 1.807) is 0 Å². The fraction of sp³-hybridized carbons (Fsp3) is 0.357. The molecule has 0 amide bonds. The minimum Gasteiger partial charge on any atom is -0.0864 e. The SMILES string of the molecule is ICCCCCCCCCC(c1ccccc1)(c1ccccc1)c1ccccc1. The summed E-state index contributed by atoms with van der Waals surface area (Å²) in [5.41, 5.74) is 4.13. The van der Waals surface area contributed by atoms with Crippen LogP contribution in [0.5, 0.6) is 0 Å². The number of rotatable bonds is 12. The van der Waals surface area contributed by atoms with E-state index in [0.29, 0.717) is 0 Å². The van der Waals surface area contributed by atoms with E-state index in [4.69, 9.17) is 0 Å². The third-order valence-electron chi connectivity index (χ3n) is 5.99. The van der Waals surface area contributed by atoms with Crippen LogP contribution in [0.25, 0.3) is 0 Å². The van der Waals surface area contributed by atoms with Gasteiger partial charge in [-0.3, -0.25) is 0 Å². The van der Waals surface area contributed by atoms with Gasteiger partial charge in [0.25, 0.3) is 0 Å². The van der Waals surface area contributed by atoms with Gasteiger partial charge in [-0.15, -0.1) is 0 Å². The van der Waals surface area contributed by atoms with E-state index in [1.807, 2.05) is 0 Å². The predicted octanol–water partition coefficient (Wildman–Crippen LogP) is 8.58. The summed E-state index contributed by atoms with van der Waals surface area (Å²) in [6.45, 7) is 0. The van der Waals surface area contributed by atoms with Gasteiger partial charge in [0.2, 0.25) is 0 Å². The molecule has 0 heterocycles. The second-order valence-corrected chi connectivity index (χ2v) is 9.00. The highest BCUT2D eigenvalue weighted by atomic mass is 127. The molecule has 1 heteroatoms. The largest absolute Gasteiger partial charge is 0.0864 e. The van der Waals surface area contributed by atoms with Gasteiger partial charge in [0, 0.05) is 5.41 Å². The molecule has 0 N–H and O–H groups in total. The normalized spacial score (nSPS) is 11.5. The first-order chi connectivity index (χ1) is 14.4. The van der Waals surface area contributed by atoms with Crippen molar-refractivity contribution in [2.75, 3.05) is 4.43 Å². The van der Waals surface area contributed by atoms with E-state index >= 15 is 0 Å². The summed E-state index contributed by atoms with van der Waals surface area (Å²) >= 11 is 2.49. The maximum absolute atomic E-state index is 2.49. The van der Waals surface area contributed by atoms with Crippen molar-refractivity contribution in [3.05, 3.63) is 108 Å². The summed E-state index contributed by atoms with van der Waals surface area (Å²) in [4.78, 5) is 0. The standard InChI is InChI=1S/C28H33I/c29-24-16-5-3-1-2-4-15-23-28(25-17-9-6-10-18-25,26-19-11-7-12-20-26)27-21-13-8-14-22-27/h6-14,17-22H,1-5,15-16,23-24H2. The van der Waals surface area contributed by atoms with Crippen LogP contribution in [0.2, 0.25) is 0 Å². The van der Waals surface area contributed by atoms with Crippen LogP contribution in [0, 0.1) is 0 Å². The molecule has 0 nitrogen and oxygen atoms in total. The highest BCUT2D eigenvalue weighted by Crippen LogP contribution is 2.43. The Hall–Kier alpha value is -1.61. The number of hydrogen-bond acceptors (Lipinski definition) is 0. The van der Waals surface area contributed by atoms with Gasteiger partial charge >= 0.3 is 0 Å². The Bertz CT molecular complexity index is 699. The first-order valence-electron chi connectivity index (χ1n) is 11.1. The van der Waals surface area contributed by atoms with Crippen molar-refractivity contribution in [2.24, 2.45) is 0 Å². The third-order valence-corrected chi connectivity index (χ3v) is 6.75. The summed E-state index contributed by atoms with van der Waals surface area (Å²) < 4.78 is 1.30. The van der Waals surface area contributed by atoms with Crippen molar-refractivity contribution >= 4 is 22.6 Å². The van der Waals surface area contributed by atoms with E-state index in [0.717, 1.165) is 6.42 Å². The van der Waals surface area contributed by atoms with Crippen LogP contribution < -0.4 is 0 Å². The number of hydrogen-bond donors (Lipinski definition) is 0. The zero-order chi connectivity index (χ0) is 20.2. The molecule has 0 aliphatic rings. The lowest BCUT2D eigenvalue weighted by molar-refractivity contribution is 0.497. The van der Waals surface area contributed by atoms with Crippen LogP contribution >= 0.6 is 22.6 Å². The molecule has 29 heavy (non-hydrogen) atoms. The molecule has 0 saturated carbocycles. The lowest BCUT2D eigenvalue weighted by atomic mass is 9.66. The Balaban J connectivity index is 1.83. The highest BCUT2D eigenvalue weighted by molar-refractivity contribution is 14.1. The molecular formula is C28H33I. The van der Waals surface area contributed by atoms with Crippen molar-refractivity contribution in [1.29, 1.82) is 0 Å². The van der Waals surface area contributed by atoms with Crippen molar-refractivity contribution < 1.29 is 0 Å². The Labute approximate surface area is 190 Å². The molecule has 3 rings (SSSR count). The van der Waals surface area contributed by atoms with Crippen LogP contribution in [0.4, 0.5) is 0 Å². The molecule has 0 atom stereocenters. The van der Waals surface area contributed by atoms with Gasteiger partial charge in [-0.05, 0) is 34.0 Å². The molecule has 152 valence electrons. The number of unbranched alkanes of at least 4 members (excludes halogenated alkanes) is 6. The lowest BCUT2D eigenvalue weighted by Crippen LogP contribution is -2.29. The van der Waals surface area contributed by atoms with E-state index < -0.39 is 0 Å². The third kappa shape index (κ3) is 5.94. The van der Waals surface area contributed by atoms with E-state index in [2.05, 4.69) is 114 Å². The van der Waals surface area contributed by atoms with Gasteiger partial charge < -0.3 is 0 Å². The van der Waals surface area contributed by atoms with Gasteiger partial charge in [0.05, 0.1) is 0 Å². The summed E-state index contributed by atoms with van der Waals surface area (Å²) in [6, 6.07) is 33.3. The molecule has 0 unspecified atom stereocenters. The minimum atomic E-state index is -0.0784. The van der Waals surface area contributed by atoms with E-state index in [-0.39, 0.29) is 5.41 Å². The van der Waals surface area contributed by atoms with Gasteiger partial charge in [0.15, 0.2) is 0 Å². The van der Waals surface area contributed by atoms with Crippen molar-refractivity contribution in [2.45, 2.75) is 56.8 Å². The van der Waals surface area contributed by atoms with Gasteiger partial charge in [-0.25, -0.2) is 0 Å². The Morgan fingerprint density at radius 2 is 0.793 bits per heavy atom. The average Bonchev–Trinajstić information content (AvgIpc) is 2.80. The molecule has 0 spiro atoms. The molecule has 0 saturated heterocycles. The number of halogens is 1. The summed E-state index contributed by atoms with van der Waals surface area (Å²) in [6.07, 6.45) is 10.6. The van der Waals surface area contributed by atoms with Crippen molar-refractivity contribution in [3.63, 3.8) is 0 Å². The Morgan fingerprint density at radius 1 is 0.448 bits per heavy atom. The van der Waals surface area contributed by atoms with Crippen LogP contribution in [0.15, 0.2) is 91.0 Å². The molecule has 0 aromatic heterocycles. The summed E-state index contributed by atoms with van der Waals surface area (Å²) in [5.74, 6) is 0. The molecule has 0 aliphatic heterocycles. The summed E-state index contributed by atoms with van der Waals surface area (Å²) in [5, 5.41) is 0. The van der Waals surface area contributed by atoms with Crippen molar-refractivity contribution in [1.82, 2.24) is 0 Å². The van der Waals surface area contributed by atoms with E-state index in [9.17, 15) is 0 Å². The molecule has 0 radical (unpaired) electrons. The average molecular weight is 496 g/mol.